The first-order chi connectivity index (χ1) is 7.46. The van der Waals surface area contributed by atoms with Crippen LogP contribution in [-0.2, 0) is 10.3 Å². The SMILES string of the molecule is Cc1ccc(C(N)(C(=O)O)C2CC2)c(C)c1. The lowest BCUT2D eigenvalue weighted by Crippen LogP contribution is -2.47. The van der Waals surface area contributed by atoms with Crippen molar-refractivity contribution in [2.24, 2.45) is 11.7 Å². The number of carboxylic acids is 1. The van der Waals surface area contributed by atoms with Crippen LogP contribution in [0, 0.1) is 19.8 Å². The van der Waals surface area contributed by atoms with Crippen molar-refractivity contribution < 1.29 is 9.90 Å². The summed E-state index contributed by atoms with van der Waals surface area (Å²) >= 11 is 0. The summed E-state index contributed by atoms with van der Waals surface area (Å²) in [4.78, 5) is 11.4. The van der Waals surface area contributed by atoms with E-state index < -0.39 is 11.5 Å². The summed E-state index contributed by atoms with van der Waals surface area (Å²) in [5, 5.41) is 9.37. The molecule has 1 unspecified atom stereocenters. The van der Waals surface area contributed by atoms with Gasteiger partial charge in [-0.2, -0.15) is 0 Å². The second-order valence-electron chi connectivity index (χ2n) is 4.77. The monoisotopic (exact) mass is 219 g/mol. The third-order valence-electron chi connectivity index (χ3n) is 3.40. The molecule has 0 saturated heterocycles. The van der Waals surface area contributed by atoms with Gasteiger partial charge in [0.15, 0.2) is 0 Å². The molecule has 1 aromatic carbocycles. The number of nitrogens with two attached hydrogens (primary N) is 1. The summed E-state index contributed by atoms with van der Waals surface area (Å²) in [6, 6.07) is 5.77. The van der Waals surface area contributed by atoms with E-state index in [9.17, 15) is 9.90 Å². The maximum atomic E-state index is 11.4. The molecule has 0 amide bonds. The molecule has 86 valence electrons. The van der Waals surface area contributed by atoms with Gasteiger partial charge in [0, 0.05) is 0 Å². The fourth-order valence-corrected chi connectivity index (χ4v) is 2.33. The molecular formula is C13H17NO2. The van der Waals surface area contributed by atoms with E-state index in [0.29, 0.717) is 0 Å². The Labute approximate surface area is 95.3 Å². The van der Waals surface area contributed by atoms with Crippen LogP contribution in [-0.4, -0.2) is 11.1 Å². The minimum absolute atomic E-state index is 0.0893. The predicted octanol–water partition coefficient (Wildman–Crippen LogP) is 1.95. The third kappa shape index (κ3) is 1.61. The van der Waals surface area contributed by atoms with Crippen molar-refractivity contribution in [2.75, 3.05) is 0 Å². The second kappa shape index (κ2) is 3.59. The Morgan fingerprint density at radius 3 is 2.50 bits per heavy atom. The zero-order chi connectivity index (χ0) is 11.9. The van der Waals surface area contributed by atoms with Crippen molar-refractivity contribution in [3.63, 3.8) is 0 Å². The van der Waals surface area contributed by atoms with Crippen LogP contribution in [0.4, 0.5) is 0 Å². The quantitative estimate of drug-likeness (QED) is 0.816. The number of benzene rings is 1. The Morgan fingerprint density at radius 2 is 2.06 bits per heavy atom. The maximum Gasteiger partial charge on any atom is 0.328 e. The van der Waals surface area contributed by atoms with Crippen LogP contribution in [0.3, 0.4) is 0 Å². The number of rotatable bonds is 3. The Balaban J connectivity index is 2.51. The highest BCUT2D eigenvalue weighted by Gasteiger charge is 2.50. The van der Waals surface area contributed by atoms with Gasteiger partial charge in [-0.3, -0.25) is 0 Å². The molecule has 0 aliphatic heterocycles. The molecule has 0 radical (unpaired) electrons. The lowest BCUT2D eigenvalue weighted by molar-refractivity contribution is -0.144. The molecule has 3 nitrogen and oxygen atoms in total. The van der Waals surface area contributed by atoms with Crippen LogP contribution in [0.15, 0.2) is 18.2 Å². The molecule has 0 spiro atoms. The third-order valence-corrected chi connectivity index (χ3v) is 3.40. The zero-order valence-electron chi connectivity index (χ0n) is 9.66. The summed E-state index contributed by atoms with van der Waals surface area (Å²) in [5.41, 5.74) is 7.78. The molecule has 0 heterocycles. The first kappa shape index (κ1) is 11.1. The van der Waals surface area contributed by atoms with Gasteiger partial charge in [-0.05, 0) is 43.7 Å². The number of aryl methyl sites for hydroxylation is 2. The minimum atomic E-state index is -1.20. The highest BCUT2D eigenvalue weighted by atomic mass is 16.4. The van der Waals surface area contributed by atoms with E-state index in [0.717, 1.165) is 29.5 Å². The zero-order valence-corrected chi connectivity index (χ0v) is 9.66. The maximum absolute atomic E-state index is 11.4. The van der Waals surface area contributed by atoms with Crippen LogP contribution in [0.2, 0.25) is 0 Å². The molecule has 16 heavy (non-hydrogen) atoms. The summed E-state index contributed by atoms with van der Waals surface area (Å²) in [5.74, 6) is -0.826. The Morgan fingerprint density at radius 1 is 1.44 bits per heavy atom. The van der Waals surface area contributed by atoms with Gasteiger partial charge >= 0.3 is 5.97 Å². The van der Waals surface area contributed by atoms with Gasteiger partial charge in [-0.25, -0.2) is 4.79 Å². The van der Waals surface area contributed by atoms with Crippen molar-refractivity contribution in [2.45, 2.75) is 32.2 Å². The van der Waals surface area contributed by atoms with Crippen molar-refractivity contribution in [3.05, 3.63) is 34.9 Å². The van der Waals surface area contributed by atoms with Gasteiger partial charge < -0.3 is 10.8 Å². The Kier molecular flexibility index (Phi) is 2.50. The Hall–Kier alpha value is -1.35. The normalized spacial score (nSPS) is 19.2. The molecule has 1 fully saturated rings. The standard InChI is InChI=1S/C13H17NO2/c1-8-3-6-11(9(2)7-8)13(14,12(15)16)10-4-5-10/h3,6-7,10H,4-5,14H2,1-2H3,(H,15,16). The van der Waals surface area contributed by atoms with Gasteiger partial charge in [-0.15, -0.1) is 0 Å². The smallest absolute Gasteiger partial charge is 0.328 e. The van der Waals surface area contributed by atoms with Crippen molar-refractivity contribution >= 4 is 5.97 Å². The molecule has 1 saturated carbocycles. The summed E-state index contributed by atoms with van der Waals surface area (Å²) in [6.07, 6.45) is 1.83. The number of carboxylic acid groups (broad SMARTS) is 1. The van der Waals surface area contributed by atoms with E-state index in [1.807, 2.05) is 32.0 Å². The van der Waals surface area contributed by atoms with Crippen LogP contribution in [0.5, 0.6) is 0 Å². The number of carbonyl (C=O) groups is 1. The summed E-state index contributed by atoms with van der Waals surface area (Å²) < 4.78 is 0. The fraction of sp³-hybridized carbons (Fsp3) is 0.462. The van der Waals surface area contributed by atoms with E-state index in [1.165, 1.54) is 0 Å². The molecule has 3 heteroatoms. The number of hydrogen-bond donors (Lipinski definition) is 2. The molecule has 0 aromatic heterocycles. The molecule has 2 rings (SSSR count). The van der Waals surface area contributed by atoms with Crippen LogP contribution in [0.25, 0.3) is 0 Å². The minimum Gasteiger partial charge on any atom is -0.480 e. The largest absolute Gasteiger partial charge is 0.480 e. The van der Waals surface area contributed by atoms with E-state index in [1.54, 1.807) is 0 Å². The van der Waals surface area contributed by atoms with Crippen molar-refractivity contribution in [1.82, 2.24) is 0 Å². The molecule has 3 N–H and O–H groups in total. The Bertz CT molecular complexity index is 438. The predicted molar refractivity (Wildman–Crippen MR) is 62.1 cm³/mol. The lowest BCUT2D eigenvalue weighted by atomic mass is 9.83. The van der Waals surface area contributed by atoms with Gasteiger partial charge in [-0.1, -0.05) is 23.8 Å². The van der Waals surface area contributed by atoms with Crippen LogP contribution in [0.1, 0.15) is 29.5 Å². The number of hydrogen-bond acceptors (Lipinski definition) is 2. The van der Waals surface area contributed by atoms with E-state index >= 15 is 0 Å². The number of aliphatic carboxylic acids is 1. The average molecular weight is 219 g/mol. The molecule has 1 atom stereocenters. The summed E-state index contributed by atoms with van der Waals surface area (Å²) in [6.45, 7) is 3.92. The first-order valence-corrected chi connectivity index (χ1v) is 5.56. The van der Waals surface area contributed by atoms with Crippen LogP contribution >= 0.6 is 0 Å². The van der Waals surface area contributed by atoms with E-state index in [4.69, 9.17) is 5.73 Å². The van der Waals surface area contributed by atoms with E-state index in [-0.39, 0.29) is 5.92 Å². The second-order valence-corrected chi connectivity index (χ2v) is 4.77. The molecule has 1 aliphatic carbocycles. The molecule has 1 aliphatic rings. The van der Waals surface area contributed by atoms with Crippen LogP contribution < -0.4 is 5.73 Å². The van der Waals surface area contributed by atoms with Gasteiger partial charge in [0.25, 0.3) is 0 Å². The van der Waals surface area contributed by atoms with Crippen molar-refractivity contribution in [1.29, 1.82) is 0 Å². The summed E-state index contributed by atoms with van der Waals surface area (Å²) in [7, 11) is 0. The molecule has 0 bridgehead atoms. The molecule has 1 aromatic rings. The van der Waals surface area contributed by atoms with Gasteiger partial charge in [0.2, 0.25) is 0 Å². The molecular weight excluding hydrogens is 202 g/mol. The van der Waals surface area contributed by atoms with Crippen molar-refractivity contribution in [3.8, 4) is 0 Å². The highest BCUT2D eigenvalue weighted by Crippen LogP contribution is 2.45. The van der Waals surface area contributed by atoms with E-state index in [2.05, 4.69) is 0 Å². The topological polar surface area (TPSA) is 63.3 Å². The average Bonchev–Trinajstić information content (AvgIpc) is 2.99. The van der Waals surface area contributed by atoms with Gasteiger partial charge in [0.1, 0.15) is 5.54 Å². The highest BCUT2D eigenvalue weighted by molar-refractivity contribution is 5.82. The lowest BCUT2D eigenvalue weighted by Gasteiger charge is -2.27. The first-order valence-electron chi connectivity index (χ1n) is 5.56. The fourth-order valence-electron chi connectivity index (χ4n) is 2.33. The van der Waals surface area contributed by atoms with Gasteiger partial charge in [0.05, 0.1) is 0 Å².